The van der Waals surface area contributed by atoms with Crippen molar-refractivity contribution in [1.29, 1.82) is 0 Å². The summed E-state index contributed by atoms with van der Waals surface area (Å²) in [6, 6.07) is 5.31. The van der Waals surface area contributed by atoms with Crippen LogP contribution in [-0.2, 0) is 19.1 Å². The van der Waals surface area contributed by atoms with Crippen molar-refractivity contribution in [2.24, 2.45) is 0 Å². The summed E-state index contributed by atoms with van der Waals surface area (Å²) in [6.07, 6.45) is 0.658. The van der Waals surface area contributed by atoms with Gasteiger partial charge in [-0.3, -0.25) is 9.59 Å². The van der Waals surface area contributed by atoms with Crippen molar-refractivity contribution in [2.75, 3.05) is 34.0 Å². The zero-order valence-corrected chi connectivity index (χ0v) is 17.9. The number of carbonyl (C=O) groups excluding carboxylic acids is 3. The first kappa shape index (κ1) is 23.1. The summed E-state index contributed by atoms with van der Waals surface area (Å²) in [4.78, 5) is 39.4. The van der Waals surface area contributed by atoms with Crippen LogP contribution in [0.2, 0.25) is 0 Å². The maximum absolute atomic E-state index is 12.1. The lowest BCUT2D eigenvalue weighted by molar-refractivity contribution is -0.143. The highest BCUT2D eigenvalue weighted by Crippen LogP contribution is 2.33. The molecule has 0 aliphatic carbocycles. The molecule has 0 spiro atoms. The molecule has 0 aliphatic rings. The number of rotatable bonds is 11. The molecule has 9 nitrogen and oxygen atoms in total. The van der Waals surface area contributed by atoms with Crippen molar-refractivity contribution in [3.05, 3.63) is 29.3 Å². The van der Waals surface area contributed by atoms with Crippen LogP contribution in [0.5, 0.6) is 11.5 Å². The number of methoxy groups -OCH3 is 2. The molecule has 30 heavy (non-hydrogen) atoms. The van der Waals surface area contributed by atoms with E-state index < -0.39 is 18.5 Å². The van der Waals surface area contributed by atoms with Crippen LogP contribution in [0.4, 0.5) is 0 Å². The number of nitrogens with one attached hydrogen (secondary N) is 1. The summed E-state index contributed by atoms with van der Waals surface area (Å²) in [5.74, 6) is -0.325. The summed E-state index contributed by atoms with van der Waals surface area (Å²) >= 11 is 1.27. The van der Waals surface area contributed by atoms with E-state index in [4.69, 9.17) is 18.9 Å². The minimum absolute atomic E-state index is 0.111. The van der Waals surface area contributed by atoms with Gasteiger partial charge in [0.05, 0.1) is 20.8 Å². The molecular weight excluding hydrogens is 412 g/mol. The molecule has 1 aromatic heterocycles. The van der Waals surface area contributed by atoms with Crippen LogP contribution in [0.1, 0.15) is 30.3 Å². The second-order valence-corrected chi connectivity index (χ2v) is 6.80. The van der Waals surface area contributed by atoms with E-state index in [9.17, 15) is 14.4 Å². The van der Waals surface area contributed by atoms with E-state index in [0.29, 0.717) is 29.5 Å². The first-order chi connectivity index (χ1) is 14.5. The Balaban J connectivity index is 1.82. The second kappa shape index (κ2) is 11.8. The summed E-state index contributed by atoms with van der Waals surface area (Å²) in [7, 11) is 3.08. The van der Waals surface area contributed by atoms with Crippen molar-refractivity contribution in [3.8, 4) is 22.1 Å². The zero-order valence-electron chi connectivity index (χ0n) is 17.1. The van der Waals surface area contributed by atoms with Gasteiger partial charge in [-0.1, -0.05) is 0 Å². The van der Waals surface area contributed by atoms with E-state index in [-0.39, 0.29) is 24.6 Å². The van der Waals surface area contributed by atoms with Crippen molar-refractivity contribution in [2.45, 2.75) is 19.8 Å². The van der Waals surface area contributed by atoms with Gasteiger partial charge in [-0.15, -0.1) is 11.3 Å². The number of nitrogens with zero attached hydrogens (tertiary/aromatic N) is 1. The molecule has 0 bridgehead atoms. The predicted octanol–water partition coefficient (Wildman–Crippen LogP) is 2.44. The van der Waals surface area contributed by atoms with E-state index >= 15 is 0 Å². The van der Waals surface area contributed by atoms with Crippen LogP contribution < -0.4 is 14.8 Å². The summed E-state index contributed by atoms with van der Waals surface area (Å²) in [6.45, 7) is 1.91. The van der Waals surface area contributed by atoms with Gasteiger partial charge in [0.1, 0.15) is 5.01 Å². The number of benzene rings is 1. The largest absolute Gasteiger partial charge is 0.493 e. The normalized spacial score (nSPS) is 10.2. The van der Waals surface area contributed by atoms with Crippen molar-refractivity contribution in [1.82, 2.24) is 10.3 Å². The number of aromatic nitrogens is 1. The van der Waals surface area contributed by atoms with Gasteiger partial charge in [-0.25, -0.2) is 9.78 Å². The van der Waals surface area contributed by atoms with Crippen LogP contribution >= 0.6 is 11.3 Å². The Morgan fingerprint density at radius 3 is 2.57 bits per heavy atom. The fourth-order valence-electron chi connectivity index (χ4n) is 2.42. The van der Waals surface area contributed by atoms with Gasteiger partial charge in [0.25, 0.3) is 5.91 Å². The minimum atomic E-state index is -0.695. The third kappa shape index (κ3) is 6.73. The molecule has 0 aliphatic heterocycles. The van der Waals surface area contributed by atoms with Crippen molar-refractivity contribution in [3.63, 3.8) is 0 Å². The van der Waals surface area contributed by atoms with Crippen molar-refractivity contribution < 1.29 is 33.3 Å². The van der Waals surface area contributed by atoms with Crippen LogP contribution in [0.3, 0.4) is 0 Å². The number of hydrogen-bond acceptors (Lipinski definition) is 9. The topological polar surface area (TPSA) is 113 Å². The molecule has 1 amide bonds. The molecule has 1 aromatic carbocycles. The summed E-state index contributed by atoms with van der Waals surface area (Å²) in [5.41, 5.74) is 0.871. The molecule has 2 rings (SSSR count). The Labute approximate surface area is 178 Å². The first-order valence-electron chi connectivity index (χ1n) is 9.25. The Hall–Kier alpha value is -3.14. The molecule has 0 fully saturated rings. The molecule has 0 saturated heterocycles. The molecule has 2 aromatic rings. The third-order valence-electron chi connectivity index (χ3n) is 3.86. The van der Waals surface area contributed by atoms with E-state index in [1.807, 2.05) is 0 Å². The molecule has 1 heterocycles. The van der Waals surface area contributed by atoms with E-state index in [2.05, 4.69) is 10.3 Å². The van der Waals surface area contributed by atoms with Gasteiger partial charge >= 0.3 is 11.9 Å². The standard InChI is InChI=1S/C20H24N2O7S/c1-4-28-18(24)6-5-9-21-17(23)11-29-20(25)14-12-30-19(22-14)13-7-8-15(26-2)16(10-13)27-3/h7-8,10,12H,4-6,9,11H2,1-3H3,(H,21,23). The van der Waals surface area contributed by atoms with Gasteiger partial charge in [0.15, 0.2) is 23.8 Å². The third-order valence-corrected chi connectivity index (χ3v) is 4.75. The highest BCUT2D eigenvalue weighted by Gasteiger charge is 2.16. The smallest absolute Gasteiger partial charge is 0.358 e. The molecular formula is C20H24N2O7S. The first-order valence-corrected chi connectivity index (χ1v) is 10.1. The van der Waals surface area contributed by atoms with E-state index in [1.165, 1.54) is 18.4 Å². The van der Waals surface area contributed by atoms with E-state index in [1.54, 1.807) is 37.6 Å². The molecule has 0 saturated carbocycles. The van der Waals surface area contributed by atoms with E-state index in [0.717, 1.165) is 5.56 Å². The maximum atomic E-state index is 12.1. The number of amides is 1. The fraction of sp³-hybridized carbons (Fsp3) is 0.400. The van der Waals surface area contributed by atoms with Crippen LogP contribution in [-0.4, -0.2) is 56.8 Å². The van der Waals surface area contributed by atoms with Crippen LogP contribution in [0.25, 0.3) is 10.6 Å². The average Bonchev–Trinajstić information content (AvgIpc) is 3.25. The second-order valence-electron chi connectivity index (χ2n) is 5.94. The number of esters is 2. The van der Waals surface area contributed by atoms with Gasteiger partial charge in [-0.2, -0.15) is 0 Å². The lowest BCUT2D eigenvalue weighted by atomic mass is 10.2. The molecule has 0 atom stereocenters. The Morgan fingerprint density at radius 2 is 1.87 bits per heavy atom. The van der Waals surface area contributed by atoms with Crippen LogP contribution in [0, 0.1) is 0 Å². The average molecular weight is 436 g/mol. The number of ether oxygens (including phenoxy) is 4. The number of thiazole rings is 1. The summed E-state index contributed by atoms with van der Waals surface area (Å²) < 4.78 is 20.3. The highest BCUT2D eigenvalue weighted by atomic mass is 32.1. The SMILES string of the molecule is CCOC(=O)CCCNC(=O)COC(=O)c1csc(-c2ccc(OC)c(OC)c2)n1. The van der Waals surface area contributed by atoms with Gasteiger partial charge < -0.3 is 24.3 Å². The Bertz CT molecular complexity index is 882. The number of carbonyl (C=O) groups is 3. The Morgan fingerprint density at radius 1 is 1.10 bits per heavy atom. The minimum Gasteiger partial charge on any atom is -0.493 e. The quantitative estimate of drug-likeness (QED) is 0.422. The molecule has 10 heteroatoms. The lowest BCUT2D eigenvalue weighted by Crippen LogP contribution is -2.30. The Kier molecular flexibility index (Phi) is 9.07. The zero-order chi connectivity index (χ0) is 21.9. The van der Waals surface area contributed by atoms with Gasteiger partial charge in [-0.05, 0) is 31.5 Å². The fourth-order valence-corrected chi connectivity index (χ4v) is 3.21. The van der Waals surface area contributed by atoms with Crippen LogP contribution in [0.15, 0.2) is 23.6 Å². The molecule has 1 N–H and O–H groups in total. The van der Waals surface area contributed by atoms with Gasteiger partial charge in [0.2, 0.25) is 0 Å². The lowest BCUT2D eigenvalue weighted by Gasteiger charge is -2.08. The monoisotopic (exact) mass is 436 g/mol. The molecule has 162 valence electrons. The molecule has 0 radical (unpaired) electrons. The van der Waals surface area contributed by atoms with Crippen molar-refractivity contribution >= 4 is 29.2 Å². The number of hydrogen-bond donors (Lipinski definition) is 1. The highest BCUT2D eigenvalue weighted by molar-refractivity contribution is 7.13. The summed E-state index contributed by atoms with van der Waals surface area (Å²) in [5, 5.41) is 4.74. The predicted molar refractivity (Wildman–Crippen MR) is 110 cm³/mol. The molecule has 0 unspecified atom stereocenters. The van der Waals surface area contributed by atoms with Gasteiger partial charge in [0, 0.05) is 23.9 Å². The maximum Gasteiger partial charge on any atom is 0.358 e.